The molecule has 2 rings (SSSR count). The molecule has 16 heavy (non-hydrogen) atoms. The number of nitrogens with zero attached hydrogens (tertiary/aromatic N) is 1. The monoisotopic (exact) mass is 225 g/mol. The van der Waals surface area contributed by atoms with Crippen LogP contribution in [0.15, 0.2) is 0 Å². The number of hydrogen-bond donors (Lipinski definition) is 1. The van der Waals surface area contributed by atoms with Crippen LogP contribution in [0, 0.1) is 11.8 Å². The highest BCUT2D eigenvalue weighted by Gasteiger charge is 2.49. The fraction of sp³-hybridized carbons (Fsp3) is 1.00. The van der Waals surface area contributed by atoms with Crippen molar-refractivity contribution in [3.63, 3.8) is 0 Å². The summed E-state index contributed by atoms with van der Waals surface area (Å²) in [6, 6.07) is 1.13. The number of piperidine rings is 1. The van der Waals surface area contributed by atoms with E-state index in [1.165, 1.54) is 19.3 Å². The summed E-state index contributed by atoms with van der Waals surface area (Å²) in [5.41, 5.74) is -0.392. The summed E-state index contributed by atoms with van der Waals surface area (Å²) in [7, 11) is 2.25. The van der Waals surface area contributed by atoms with Crippen molar-refractivity contribution in [2.75, 3.05) is 7.05 Å². The highest BCUT2D eigenvalue weighted by atomic mass is 16.3. The molecule has 0 radical (unpaired) electrons. The Labute approximate surface area is 100 Å². The molecule has 0 spiro atoms. The standard InChI is InChI=1S/C14H27NO/c1-5-14(16)9-11(3)15(4)13-8-10(2)6-7-12(13)14/h10-13,16H,5-9H2,1-4H3. The Bertz CT molecular complexity index is 255. The third-order valence-corrected chi connectivity index (χ3v) is 5.25. The zero-order valence-electron chi connectivity index (χ0n) is 11.2. The maximum Gasteiger partial charge on any atom is 0.0702 e. The number of aliphatic hydroxyl groups is 1. The lowest BCUT2D eigenvalue weighted by molar-refractivity contribution is -0.133. The Kier molecular flexibility index (Phi) is 3.33. The second kappa shape index (κ2) is 4.30. The highest BCUT2D eigenvalue weighted by Crippen LogP contribution is 2.45. The maximum atomic E-state index is 10.8. The van der Waals surface area contributed by atoms with Crippen molar-refractivity contribution < 1.29 is 5.11 Å². The molecule has 1 aliphatic carbocycles. The first-order chi connectivity index (χ1) is 7.48. The molecule has 0 aromatic carbocycles. The van der Waals surface area contributed by atoms with Crippen LogP contribution >= 0.6 is 0 Å². The van der Waals surface area contributed by atoms with Crippen LogP contribution in [0.25, 0.3) is 0 Å². The fourth-order valence-corrected chi connectivity index (χ4v) is 3.97. The van der Waals surface area contributed by atoms with Gasteiger partial charge in [0.2, 0.25) is 0 Å². The van der Waals surface area contributed by atoms with E-state index in [0.717, 1.165) is 18.8 Å². The molecule has 2 aliphatic rings. The molecule has 5 unspecified atom stereocenters. The van der Waals surface area contributed by atoms with Gasteiger partial charge in [0.05, 0.1) is 5.60 Å². The average Bonchev–Trinajstić information content (AvgIpc) is 2.26. The number of hydrogen-bond acceptors (Lipinski definition) is 2. The summed E-state index contributed by atoms with van der Waals surface area (Å²) in [6.07, 6.45) is 5.66. The first-order valence-corrected chi connectivity index (χ1v) is 6.92. The molecule has 94 valence electrons. The third kappa shape index (κ3) is 1.91. The van der Waals surface area contributed by atoms with Gasteiger partial charge in [-0.3, -0.25) is 0 Å². The van der Waals surface area contributed by atoms with Gasteiger partial charge in [-0.2, -0.15) is 0 Å². The molecule has 1 heterocycles. The summed E-state index contributed by atoms with van der Waals surface area (Å²) >= 11 is 0. The molecule has 0 bridgehead atoms. The molecule has 1 N–H and O–H groups in total. The van der Waals surface area contributed by atoms with Crippen LogP contribution in [-0.4, -0.2) is 34.7 Å². The van der Waals surface area contributed by atoms with Crippen molar-refractivity contribution >= 4 is 0 Å². The van der Waals surface area contributed by atoms with Crippen LogP contribution in [0.5, 0.6) is 0 Å². The van der Waals surface area contributed by atoms with Crippen LogP contribution in [-0.2, 0) is 0 Å². The van der Waals surface area contributed by atoms with Gasteiger partial charge in [-0.15, -0.1) is 0 Å². The molecule has 2 heteroatoms. The van der Waals surface area contributed by atoms with Crippen molar-refractivity contribution in [2.24, 2.45) is 11.8 Å². The highest BCUT2D eigenvalue weighted by molar-refractivity contribution is 5.02. The third-order valence-electron chi connectivity index (χ3n) is 5.25. The average molecular weight is 225 g/mol. The van der Waals surface area contributed by atoms with Gasteiger partial charge in [0.15, 0.2) is 0 Å². The van der Waals surface area contributed by atoms with E-state index in [9.17, 15) is 5.11 Å². The Morgan fingerprint density at radius 3 is 2.62 bits per heavy atom. The molecule has 1 saturated heterocycles. The Morgan fingerprint density at radius 1 is 1.31 bits per heavy atom. The molecular weight excluding hydrogens is 198 g/mol. The first-order valence-electron chi connectivity index (χ1n) is 6.92. The minimum Gasteiger partial charge on any atom is -0.389 e. The Balaban J connectivity index is 2.22. The second-order valence-electron chi connectivity index (χ2n) is 6.27. The van der Waals surface area contributed by atoms with Crippen LogP contribution in [0.3, 0.4) is 0 Å². The smallest absolute Gasteiger partial charge is 0.0702 e. The quantitative estimate of drug-likeness (QED) is 0.741. The van der Waals surface area contributed by atoms with Crippen molar-refractivity contribution in [3.05, 3.63) is 0 Å². The molecule has 0 aromatic rings. The van der Waals surface area contributed by atoms with Gasteiger partial charge in [0.25, 0.3) is 0 Å². The van der Waals surface area contributed by atoms with Crippen molar-refractivity contribution in [1.82, 2.24) is 4.90 Å². The van der Waals surface area contributed by atoms with Gasteiger partial charge < -0.3 is 10.0 Å². The zero-order chi connectivity index (χ0) is 11.9. The first kappa shape index (κ1) is 12.4. The van der Waals surface area contributed by atoms with Gasteiger partial charge in [0.1, 0.15) is 0 Å². The van der Waals surface area contributed by atoms with E-state index in [1.807, 2.05) is 0 Å². The van der Waals surface area contributed by atoms with Gasteiger partial charge in [-0.05, 0) is 45.6 Å². The van der Waals surface area contributed by atoms with Gasteiger partial charge in [-0.25, -0.2) is 0 Å². The predicted octanol–water partition coefficient (Wildman–Crippen LogP) is 2.66. The van der Waals surface area contributed by atoms with Crippen LogP contribution in [0.2, 0.25) is 0 Å². The molecule has 1 saturated carbocycles. The van der Waals surface area contributed by atoms with E-state index >= 15 is 0 Å². The maximum absolute atomic E-state index is 10.8. The van der Waals surface area contributed by atoms with E-state index in [0.29, 0.717) is 18.0 Å². The predicted molar refractivity (Wildman–Crippen MR) is 67.4 cm³/mol. The molecule has 5 atom stereocenters. The van der Waals surface area contributed by atoms with Gasteiger partial charge >= 0.3 is 0 Å². The van der Waals surface area contributed by atoms with E-state index in [1.54, 1.807) is 0 Å². The van der Waals surface area contributed by atoms with E-state index in [4.69, 9.17) is 0 Å². The normalized spacial score (nSPS) is 50.1. The van der Waals surface area contributed by atoms with Crippen LogP contribution in [0.1, 0.15) is 52.9 Å². The molecule has 2 nitrogen and oxygen atoms in total. The van der Waals surface area contributed by atoms with E-state index in [-0.39, 0.29) is 0 Å². The molecule has 2 fully saturated rings. The SMILES string of the molecule is CCC1(O)CC(C)N(C)C2CC(C)CCC21. The summed E-state index contributed by atoms with van der Waals surface area (Å²) in [4.78, 5) is 2.52. The Hall–Kier alpha value is -0.0800. The number of rotatable bonds is 1. The molecule has 0 aromatic heterocycles. The molecule has 0 amide bonds. The molecule has 1 aliphatic heterocycles. The van der Waals surface area contributed by atoms with Crippen molar-refractivity contribution in [2.45, 2.75) is 70.6 Å². The lowest BCUT2D eigenvalue weighted by atomic mass is 9.64. The van der Waals surface area contributed by atoms with E-state index in [2.05, 4.69) is 32.7 Å². The largest absolute Gasteiger partial charge is 0.389 e. The minimum atomic E-state index is -0.392. The van der Waals surface area contributed by atoms with Crippen molar-refractivity contribution in [3.8, 4) is 0 Å². The lowest BCUT2D eigenvalue weighted by Crippen LogP contribution is -2.61. The van der Waals surface area contributed by atoms with Gasteiger partial charge in [-0.1, -0.05) is 20.3 Å². The zero-order valence-corrected chi connectivity index (χ0v) is 11.2. The Morgan fingerprint density at radius 2 is 2.00 bits per heavy atom. The summed E-state index contributed by atoms with van der Waals surface area (Å²) in [5, 5.41) is 10.8. The topological polar surface area (TPSA) is 23.5 Å². The van der Waals surface area contributed by atoms with Crippen LogP contribution < -0.4 is 0 Å². The lowest BCUT2D eigenvalue weighted by Gasteiger charge is -2.55. The van der Waals surface area contributed by atoms with Gasteiger partial charge in [0, 0.05) is 18.0 Å². The summed E-state index contributed by atoms with van der Waals surface area (Å²) in [6.45, 7) is 6.76. The minimum absolute atomic E-state index is 0.392. The fourth-order valence-electron chi connectivity index (χ4n) is 3.97. The number of likely N-dealkylation sites (tertiary alicyclic amines) is 1. The number of fused-ring (bicyclic) bond motifs is 1. The van der Waals surface area contributed by atoms with E-state index < -0.39 is 5.60 Å². The summed E-state index contributed by atoms with van der Waals surface area (Å²) in [5.74, 6) is 1.34. The van der Waals surface area contributed by atoms with Crippen molar-refractivity contribution in [1.29, 1.82) is 0 Å². The summed E-state index contributed by atoms with van der Waals surface area (Å²) < 4.78 is 0. The van der Waals surface area contributed by atoms with Crippen LogP contribution in [0.4, 0.5) is 0 Å². The second-order valence-corrected chi connectivity index (χ2v) is 6.27. The molecular formula is C14H27NO.